The van der Waals surface area contributed by atoms with E-state index in [0.29, 0.717) is 6.04 Å². The normalized spacial score (nSPS) is 21.6. The van der Waals surface area contributed by atoms with Gasteiger partial charge >= 0.3 is 0 Å². The predicted molar refractivity (Wildman–Crippen MR) is 80.7 cm³/mol. The van der Waals surface area contributed by atoms with Crippen molar-refractivity contribution in [3.8, 4) is 0 Å². The van der Waals surface area contributed by atoms with Crippen LogP contribution in [0.25, 0.3) is 11.0 Å². The van der Waals surface area contributed by atoms with Crippen LogP contribution in [-0.4, -0.2) is 30.1 Å². The van der Waals surface area contributed by atoms with Crippen molar-refractivity contribution in [1.82, 2.24) is 10.2 Å². The van der Waals surface area contributed by atoms with Crippen molar-refractivity contribution in [1.29, 1.82) is 0 Å². The standard InChI is InChI=1S/C17H22N2O/c1-2-4-17-13(3-1)11-16(20-17)12-18-14-7-9-19(10-8-14)15-5-6-15/h1-4,11,14-15,18H,5-10,12H2. The minimum Gasteiger partial charge on any atom is -0.460 e. The second-order valence-corrected chi connectivity index (χ2v) is 6.17. The van der Waals surface area contributed by atoms with Crippen LogP contribution in [0.2, 0.25) is 0 Å². The zero-order chi connectivity index (χ0) is 13.4. The molecule has 1 saturated carbocycles. The predicted octanol–water partition coefficient (Wildman–Crippen LogP) is 3.15. The maximum absolute atomic E-state index is 5.86. The van der Waals surface area contributed by atoms with Gasteiger partial charge in [0.2, 0.25) is 0 Å². The quantitative estimate of drug-likeness (QED) is 0.925. The molecule has 1 aliphatic heterocycles. The molecule has 3 nitrogen and oxygen atoms in total. The number of likely N-dealkylation sites (tertiary alicyclic amines) is 1. The van der Waals surface area contributed by atoms with E-state index >= 15 is 0 Å². The fourth-order valence-corrected chi connectivity index (χ4v) is 3.28. The number of furan rings is 1. The van der Waals surface area contributed by atoms with Crippen LogP contribution in [0.1, 0.15) is 31.4 Å². The van der Waals surface area contributed by atoms with E-state index in [-0.39, 0.29) is 0 Å². The molecular formula is C17H22N2O. The molecule has 0 bridgehead atoms. The second-order valence-electron chi connectivity index (χ2n) is 6.17. The molecular weight excluding hydrogens is 248 g/mol. The zero-order valence-electron chi connectivity index (χ0n) is 11.8. The summed E-state index contributed by atoms with van der Waals surface area (Å²) in [5, 5.41) is 4.86. The molecule has 1 aromatic heterocycles. The highest BCUT2D eigenvalue weighted by atomic mass is 16.3. The molecule has 2 heterocycles. The second kappa shape index (κ2) is 5.23. The lowest BCUT2D eigenvalue weighted by molar-refractivity contribution is 0.188. The van der Waals surface area contributed by atoms with Gasteiger partial charge in [-0.3, -0.25) is 0 Å². The maximum Gasteiger partial charge on any atom is 0.134 e. The summed E-state index contributed by atoms with van der Waals surface area (Å²) in [6.45, 7) is 3.38. The Morgan fingerprint density at radius 2 is 1.90 bits per heavy atom. The molecule has 0 spiro atoms. The monoisotopic (exact) mass is 270 g/mol. The maximum atomic E-state index is 5.86. The molecule has 4 rings (SSSR count). The molecule has 1 aromatic carbocycles. The van der Waals surface area contributed by atoms with E-state index in [1.807, 2.05) is 12.1 Å². The summed E-state index contributed by atoms with van der Waals surface area (Å²) in [6, 6.07) is 12.0. The van der Waals surface area contributed by atoms with Gasteiger partial charge in [0.1, 0.15) is 11.3 Å². The van der Waals surface area contributed by atoms with E-state index in [9.17, 15) is 0 Å². The summed E-state index contributed by atoms with van der Waals surface area (Å²) in [5.74, 6) is 1.05. The molecule has 2 fully saturated rings. The summed E-state index contributed by atoms with van der Waals surface area (Å²) in [7, 11) is 0. The molecule has 2 aliphatic rings. The van der Waals surface area contributed by atoms with Gasteiger partial charge in [-0.15, -0.1) is 0 Å². The lowest BCUT2D eigenvalue weighted by Gasteiger charge is -2.32. The number of fused-ring (bicyclic) bond motifs is 1. The van der Waals surface area contributed by atoms with Gasteiger partial charge in [-0.1, -0.05) is 18.2 Å². The first-order valence-electron chi connectivity index (χ1n) is 7.83. The van der Waals surface area contributed by atoms with Gasteiger partial charge in [-0.2, -0.15) is 0 Å². The molecule has 0 atom stereocenters. The number of rotatable bonds is 4. The van der Waals surface area contributed by atoms with Crippen molar-refractivity contribution in [2.45, 2.75) is 44.3 Å². The van der Waals surface area contributed by atoms with Crippen molar-refractivity contribution >= 4 is 11.0 Å². The van der Waals surface area contributed by atoms with Crippen molar-refractivity contribution in [2.75, 3.05) is 13.1 Å². The highest BCUT2D eigenvalue weighted by Gasteiger charge is 2.31. The number of piperidine rings is 1. The number of nitrogens with zero attached hydrogens (tertiary/aromatic N) is 1. The molecule has 1 saturated heterocycles. The van der Waals surface area contributed by atoms with Crippen LogP contribution in [0.5, 0.6) is 0 Å². The largest absolute Gasteiger partial charge is 0.460 e. The van der Waals surface area contributed by atoms with E-state index in [4.69, 9.17) is 4.42 Å². The third-order valence-corrected chi connectivity index (χ3v) is 4.63. The average molecular weight is 270 g/mol. The summed E-state index contributed by atoms with van der Waals surface area (Å²) in [6.07, 6.45) is 5.40. The number of hydrogen-bond acceptors (Lipinski definition) is 3. The van der Waals surface area contributed by atoms with Crippen LogP contribution in [0.15, 0.2) is 34.7 Å². The van der Waals surface area contributed by atoms with Gasteiger partial charge in [0.25, 0.3) is 0 Å². The minimum atomic E-state index is 0.651. The molecule has 2 aromatic rings. The van der Waals surface area contributed by atoms with Crippen LogP contribution in [0, 0.1) is 0 Å². The Morgan fingerprint density at radius 1 is 1.10 bits per heavy atom. The molecule has 3 heteroatoms. The first-order chi connectivity index (χ1) is 9.88. The lowest BCUT2D eigenvalue weighted by Crippen LogP contribution is -2.43. The minimum absolute atomic E-state index is 0.651. The third kappa shape index (κ3) is 2.60. The Hall–Kier alpha value is -1.32. The van der Waals surface area contributed by atoms with E-state index in [1.165, 1.54) is 44.2 Å². The molecule has 0 amide bonds. The van der Waals surface area contributed by atoms with Crippen LogP contribution in [-0.2, 0) is 6.54 Å². The van der Waals surface area contributed by atoms with Gasteiger partial charge in [0, 0.05) is 17.5 Å². The number of hydrogen-bond donors (Lipinski definition) is 1. The summed E-state index contributed by atoms with van der Waals surface area (Å²) >= 11 is 0. The Balaban J connectivity index is 1.31. The van der Waals surface area contributed by atoms with E-state index in [2.05, 4.69) is 28.4 Å². The molecule has 1 aliphatic carbocycles. The topological polar surface area (TPSA) is 28.4 Å². The van der Waals surface area contributed by atoms with Gasteiger partial charge in [-0.25, -0.2) is 0 Å². The fourth-order valence-electron chi connectivity index (χ4n) is 3.28. The third-order valence-electron chi connectivity index (χ3n) is 4.63. The Bertz CT molecular complexity index is 546. The van der Waals surface area contributed by atoms with Crippen molar-refractivity contribution in [3.63, 3.8) is 0 Å². The van der Waals surface area contributed by atoms with Crippen molar-refractivity contribution in [2.24, 2.45) is 0 Å². The first kappa shape index (κ1) is 12.4. The smallest absolute Gasteiger partial charge is 0.134 e. The van der Waals surface area contributed by atoms with E-state index < -0.39 is 0 Å². The van der Waals surface area contributed by atoms with Crippen LogP contribution >= 0.6 is 0 Å². The van der Waals surface area contributed by atoms with Gasteiger partial charge < -0.3 is 14.6 Å². The Labute approximate surface area is 119 Å². The van der Waals surface area contributed by atoms with E-state index in [1.54, 1.807) is 0 Å². The Kier molecular flexibility index (Phi) is 3.25. The highest BCUT2D eigenvalue weighted by Crippen LogP contribution is 2.29. The summed E-state index contributed by atoms with van der Waals surface area (Å²) in [5.41, 5.74) is 0.993. The zero-order valence-corrected chi connectivity index (χ0v) is 11.8. The van der Waals surface area contributed by atoms with Crippen LogP contribution < -0.4 is 5.32 Å². The van der Waals surface area contributed by atoms with Crippen molar-refractivity contribution < 1.29 is 4.42 Å². The SMILES string of the molecule is c1ccc2oc(CNC3CCN(C4CC4)CC3)cc2c1. The van der Waals surface area contributed by atoms with Crippen LogP contribution in [0.4, 0.5) is 0 Å². The van der Waals surface area contributed by atoms with Crippen molar-refractivity contribution in [3.05, 3.63) is 36.1 Å². The molecule has 1 N–H and O–H groups in total. The average Bonchev–Trinajstić information content (AvgIpc) is 3.25. The number of nitrogens with one attached hydrogen (secondary N) is 1. The highest BCUT2D eigenvalue weighted by molar-refractivity contribution is 5.77. The first-order valence-corrected chi connectivity index (χ1v) is 7.83. The van der Waals surface area contributed by atoms with Gasteiger partial charge in [0.15, 0.2) is 0 Å². The Morgan fingerprint density at radius 3 is 2.65 bits per heavy atom. The molecule has 106 valence electrons. The molecule has 0 radical (unpaired) electrons. The molecule has 20 heavy (non-hydrogen) atoms. The van der Waals surface area contributed by atoms with Gasteiger partial charge in [0.05, 0.1) is 6.54 Å². The summed E-state index contributed by atoms with van der Waals surface area (Å²) in [4.78, 5) is 2.67. The fraction of sp³-hybridized carbons (Fsp3) is 0.529. The van der Waals surface area contributed by atoms with Gasteiger partial charge in [-0.05, 0) is 50.9 Å². The summed E-state index contributed by atoms with van der Waals surface area (Å²) < 4.78 is 5.86. The lowest BCUT2D eigenvalue weighted by atomic mass is 10.0. The molecule has 0 unspecified atom stereocenters. The van der Waals surface area contributed by atoms with Crippen LogP contribution in [0.3, 0.4) is 0 Å². The number of para-hydroxylation sites is 1. The number of benzene rings is 1. The van der Waals surface area contributed by atoms with E-state index in [0.717, 1.165) is 23.9 Å².